The minimum absolute atomic E-state index is 0. The Hall–Kier alpha value is -1.69. The average Bonchev–Trinajstić information content (AvgIpc) is 2.16. The van der Waals surface area contributed by atoms with Crippen molar-refractivity contribution in [2.24, 2.45) is 11.5 Å². The Labute approximate surface area is 117 Å². The van der Waals surface area contributed by atoms with Crippen LogP contribution in [0, 0.1) is 0 Å². The minimum Gasteiger partial charge on any atom is -0.550 e. The first-order valence-electron chi connectivity index (χ1n) is 4.44. The number of carbonyl (C=O) groups is 4. The van der Waals surface area contributed by atoms with Gasteiger partial charge in [-0.05, 0) is 0 Å². The molecule has 0 bridgehead atoms. The molecule has 0 amide bonds. The molecule has 111 valence electrons. The summed E-state index contributed by atoms with van der Waals surface area (Å²) in [6, 6.07) is -2.70. The van der Waals surface area contributed by atoms with Crippen molar-refractivity contribution < 1.29 is 56.4 Å². The van der Waals surface area contributed by atoms with Crippen LogP contribution in [-0.4, -0.2) is 46.2 Å². The largest absolute Gasteiger partial charge is 2.00 e. The molecule has 1 radical (unpaired) electrons. The SMILES string of the molecule is N[C@@H](CC(=O)[O-])C(=O)O.N[C@@H](CC(=O)[O-])C(=O)O.[Co+2]. The first-order valence-corrected chi connectivity index (χ1v) is 4.44. The van der Waals surface area contributed by atoms with Crippen LogP contribution in [0.3, 0.4) is 0 Å². The number of carbonyl (C=O) groups excluding carboxylic acids is 2. The summed E-state index contributed by atoms with van der Waals surface area (Å²) in [4.78, 5) is 39.0. The fourth-order valence-corrected chi connectivity index (χ4v) is 0.534. The van der Waals surface area contributed by atoms with E-state index in [1.165, 1.54) is 0 Å². The van der Waals surface area contributed by atoms with Gasteiger partial charge in [-0.1, -0.05) is 0 Å². The summed E-state index contributed by atoms with van der Waals surface area (Å²) < 4.78 is 0. The van der Waals surface area contributed by atoms with E-state index < -0.39 is 48.8 Å². The van der Waals surface area contributed by atoms with E-state index in [4.69, 9.17) is 21.7 Å². The van der Waals surface area contributed by atoms with Gasteiger partial charge in [0.2, 0.25) is 0 Å². The number of aliphatic carboxylic acids is 4. The van der Waals surface area contributed by atoms with E-state index in [1.54, 1.807) is 0 Å². The molecule has 19 heavy (non-hydrogen) atoms. The van der Waals surface area contributed by atoms with Gasteiger partial charge in [0.05, 0.1) is 0 Å². The molecule has 0 saturated carbocycles. The Morgan fingerprint density at radius 1 is 0.842 bits per heavy atom. The minimum atomic E-state index is -1.45. The van der Waals surface area contributed by atoms with Gasteiger partial charge in [0, 0.05) is 24.8 Å². The van der Waals surface area contributed by atoms with Crippen LogP contribution in [0.4, 0.5) is 0 Å². The summed E-state index contributed by atoms with van der Waals surface area (Å²) in [7, 11) is 0. The van der Waals surface area contributed by atoms with Crippen molar-refractivity contribution in [3.8, 4) is 0 Å². The molecule has 0 unspecified atom stereocenters. The summed E-state index contributed by atoms with van der Waals surface area (Å²) in [5.41, 5.74) is 9.59. The van der Waals surface area contributed by atoms with Crippen LogP contribution in [0.15, 0.2) is 0 Å². The van der Waals surface area contributed by atoms with Crippen molar-refractivity contribution in [1.29, 1.82) is 0 Å². The molecule has 0 aromatic carbocycles. The van der Waals surface area contributed by atoms with Crippen LogP contribution in [0.25, 0.3) is 0 Å². The molecule has 0 aromatic rings. The zero-order valence-electron chi connectivity index (χ0n) is 9.40. The molecule has 2 atom stereocenters. The fraction of sp³-hybridized carbons (Fsp3) is 0.500. The van der Waals surface area contributed by atoms with Gasteiger partial charge < -0.3 is 41.5 Å². The molecule has 0 aliphatic carbocycles. The number of rotatable bonds is 6. The Morgan fingerprint density at radius 2 is 1.05 bits per heavy atom. The van der Waals surface area contributed by atoms with Gasteiger partial charge in [-0.25, -0.2) is 0 Å². The molecule has 0 rings (SSSR count). The molecule has 6 N–H and O–H groups in total. The topological polar surface area (TPSA) is 207 Å². The summed E-state index contributed by atoms with van der Waals surface area (Å²) in [6.45, 7) is 0. The number of hydrogen-bond donors (Lipinski definition) is 4. The first kappa shape index (κ1) is 22.5. The molecule has 0 aliphatic rings. The second-order valence-corrected chi connectivity index (χ2v) is 3.04. The molecule has 10 nitrogen and oxygen atoms in total. The van der Waals surface area contributed by atoms with Crippen LogP contribution < -0.4 is 21.7 Å². The van der Waals surface area contributed by atoms with Crippen LogP contribution in [0.1, 0.15) is 12.8 Å². The molecular formula is C8H12CoN2O8. The van der Waals surface area contributed by atoms with E-state index in [9.17, 15) is 29.4 Å². The van der Waals surface area contributed by atoms with Crippen molar-refractivity contribution in [3.05, 3.63) is 0 Å². The average molecular weight is 323 g/mol. The first-order chi connectivity index (χ1) is 8.07. The van der Waals surface area contributed by atoms with Crippen LogP contribution in [0.2, 0.25) is 0 Å². The second-order valence-electron chi connectivity index (χ2n) is 3.04. The van der Waals surface area contributed by atoms with Crippen molar-refractivity contribution in [1.82, 2.24) is 0 Å². The van der Waals surface area contributed by atoms with Gasteiger partial charge in [-0.3, -0.25) is 9.59 Å². The molecule has 0 heterocycles. The molecular weight excluding hydrogens is 311 g/mol. The summed E-state index contributed by atoms with van der Waals surface area (Å²) in [5.74, 6) is -5.58. The Kier molecular flexibility index (Phi) is 13.5. The van der Waals surface area contributed by atoms with Crippen LogP contribution in [-0.2, 0) is 36.0 Å². The van der Waals surface area contributed by atoms with E-state index in [0.717, 1.165) is 0 Å². The second kappa shape index (κ2) is 11.4. The smallest absolute Gasteiger partial charge is 0.550 e. The number of carboxylic acids is 4. The van der Waals surface area contributed by atoms with E-state index in [2.05, 4.69) is 0 Å². The Morgan fingerprint density at radius 3 is 1.11 bits per heavy atom. The third-order valence-corrected chi connectivity index (χ3v) is 1.41. The van der Waals surface area contributed by atoms with Gasteiger partial charge >= 0.3 is 28.7 Å². The Balaban J connectivity index is -0.000000256. The number of carboxylic acid groups (broad SMARTS) is 4. The molecule has 0 spiro atoms. The maximum Gasteiger partial charge on any atom is 2.00 e. The van der Waals surface area contributed by atoms with Gasteiger partial charge in [0.1, 0.15) is 12.1 Å². The van der Waals surface area contributed by atoms with Crippen molar-refractivity contribution >= 4 is 23.9 Å². The molecule has 11 heteroatoms. The van der Waals surface area contributed by atoms with Crippen molar-refractivity contribution in [3.63, 3.8) is 0 Å². The molecule has 0 aliphatic heterocycles. The summed E-state index contributed by atoms with van der Waals surface area (Å²) in [6.07, 6.45) is -1.29. The summed E-state index contributed by atoms with van der Waals surface area (Å²) in [5, 5.41) is 35.3. The predicted octanol–water partition coefficient (Wildman–Crippen LogP) is -4.93. The van der Waals surface area contributed by atoms with E-state index in [-0.39, 0.29) is 16.8 Å². The molecule has 0 saturated heterocycles. The standard InChI is InChI=1S/2C4H7NO4.Co/c2*5-2(4(8)9)1-3(6)7;/h2*2H,1,5H2,(H,6,7)(H,8,9);/q;;+2/p-2/t2*2-;/m00./s1. The van der Waals surface area contributed by atoms with E-state index in [1.807, 2.05) is 0 Å². The van der Waals surface area contributed by atoms with Crippen LogP contribution in [0.5, 0.6) is 0 Å². The molecule has 0 fully saturated rings. The zero-order valence-corrected chi connectivity index (χ0v) is 10.4. The maximum absolute atomic E-state index is 9.82. The van der Waals surface area contributed by atoms with Gasteiger partial charge in [-0.15, -0.1) is 0 Å². The normalized spacial score (nSPS) is 11.9. The predicted molar refractivity (Wildman–Crippen MR) is 50.5 cm³/mol. The zero-order chi connectivity index (χ0) is 14.9. The monoisotopic (exact) mass is 323 g/mol. The van der Waals surface area contributed by atoms with Gasteiger partial charge in [0.25, 0.3) is 0 Å². The number of nitrogens with two attached hydrogens (primary N) is 2. The van der Waals surface area contributed by atoms with Gasteiger partial charge in [-0.2, -0.15) is 0 Å². The quantitative estimate of drug-likeness (QED) is 0.366. The van der Waals surface area contributed by atoms with Crippen molar-refractivity contribution in [2.45, 2.75) is 24.9 Å². The van der Waals surface area contributed by atoms with Gasteiger partial charge in [0.15, 0.2) is 0 Å². The van der Waals surface area contributed by atoms with E-state index >= 15 is 0 Å². The maximum atomic E-state index is 9.82. The summed E-state index contributed by atoms with van der Waals surface area (Å²) >= 11 is 0. The van der Waals surface area contributed by atoms with E-state index in [0.29, 0.717) is 0 Å². The molecule has 0 aromatic heterocycles. The number of hydrogen-bond acceptors (Lipinski definition) is 8. The fourth-order valence-electron chi connectivity index (χ4n) is 0.534. The third kappa shape index (κ3) is 16.3. The van der Waals surface area contributed by atoms with Crippen molar-refractivity contribution in [2.75, 3.05) is 0 Å². The third-order valence-electron chi connectivity index (χ3n) is 1.41. The van der Waals surface area contributed by atoms with Crippen LogP contribution >= 0.6 is 0 Å². The Bertz CT molecular complexity index is 303.